The number of carbonyl (C=O) groups is 3. The molecular weight excluding hydrogens is 362 g/mol. The first-order valence-electron chi connectivity index (χ1n) is 7.39. The number of esters is 1. The molecule has 0 saturated carbocycles. The summed E-state index contributed by atoms with van der Waals surface area (Å²) in [5.41, 5.74) is 0.790. The first kappa shape index (κ1) is 19.1. The Morgan fingerprint density at radius 3 is 2.65 bits per heavy atom. The van der Waals surface area contributed by atoms with Crippen LogP contribution in [0.1, 0.15) is 15.2 Å². The number of thiophene rings is 1. The predicted molar refractivity (Wildman–Crippen MR) is 94.1 cm³/mol. The number of nitrogens with zero attached hydrogens (tertiary/aromatic N) is 1. The van der Waals surface area contributed by atoms with Gasteiger partial charge in [-0.05, 0) is 30.0 Å². The fourth-order valence-corrected chi connectivity index (χ4v) is 2.57. The Balaban J connectivity index is 1.77. The summed E-state index contributed by atoms with van der Waals surface area (Å²) in [6, 6.07) is 7.30. The molecule has 0 saturated heterocycles. The van der Waals surface area contributed by atoms with Gasteiger partial charge in [-0.1, -0.05) is 6.07 Å². The monoisotopic (exact) mass is 377 g/mol. The molecule has 0 radical (unpaired) electrons. The number of nitro groups is 1. The molecule has 2 N–H and O–H groups in total. The van der Waals surface area contributed by atoms with E-state index < -0.39 is 29.3 Å². The van der Waals surface area contributed by atoms with Gasteiger partial charge < -0.3 is 15.4 Å². The lowest BCUT2D eigenvalue weighted by atomic mass is 10.2. The van der Waals surface area contributed by atoms with E-state index in [-0.39, 0.29) is 12.2 Å². The normalized spacial score (nSPS) is 10.0. The molecule has 9 nitrogen and oxygen atoms in total. The number of aryl methyl sites for hydroxylation is 1. The van der Waals surface area contributed by atoms with E-state index in [0.717, 1.165) is 0 Å². The molecule has 1 heterocycles. The number of hydrogen-bond donors (Lipinski definition) is 2. The molecule has 0 aliphatic heterocycles. The molecule has 10 heteroatoms. The molecule has 1 aromatic heterocycles. The molecule has 26 heavy (non-hydrogen) atoms. The van der Waals surface area contributed by atoms with Gasteiger partial charge in [0.05, 0.1) is 9.80 Å². The van der Waals surface area contributed by atoms with Crippen molar-refractivity contribution in [1.82, 2.24) is 5.32 Å². The number of nitro benzene ring substituents is 1. The van der Waals surface area contributed by atoms with E-state index in [4.69, 9.17) is 4.74 Å². The molecule has 0 fully saturated rings. The van der Waals surface area contributed by atoms with E-state index >= 15 is 0 Å². The number of ether oxygens (including phenoxy) is 1. The zero-order chi connectivity index (χ0) is 19.1. The van der Waals surface area contributed by atoms with Gasteiger partial charge in [0.15, 0.2) is 6.61 Å². The summed E-state index contributed by atoms with van der Waals surface area (Å²) in [7, 11) is 0. The van der Waals surface area contributed by atoms with Gasteiger partial charge in [-0.2, -0.15) is 0 Å². The lowest BCUT2D eigenvalue weighted by molar-refractivity contribution is -0.384. The van der Waals surface area contributed by atoms with Crippen LogP contribution in [0.25, 0.3) is 0 Å². The summed E-state index contributed by atoms with van der Waals surface area (Å²) >= 11 is 1.24. The van der Waals surface area contributed by atoms with Gasteiger partial charge in [0.1, 0.15) is 6.54 Å². The first-order valence-corrected chi connectivity index (χ1v) is 8.27. The van der Waals surface area contributed by atoms with Crippen molar-refractivity contribution in [2.75, 3.05) is 18.5 Å². The first-order chi connectivity index (χ1) is 12.4. The zero-order valence-electron chi connectivity index (χ0n) is 13.7. The Labute approximate surface area is 152 Å². The number of hydrogen-bond acceptors (Lipinski definition) is 7. The van der Waals surface area contributed by atoms with Crippen molar-refractivity contribution in [1.29, 1.82) is 0 Å². The van der Waals surface area contributed by atoms with E-state index in [1.165, 1.54) is 29.5 Å². The smallest absolute Gasteiger partial charge is 0.325 e. The number of carbonyl (C=O) groups excluding carboxylic acids is 3. The Morgan fingerprint density at radius 2 is 2.04 bits per heavy atom. The van der Waals surface area contributed by atoms with Gasteiger partial charge in [-0.25, -0.2) is 0 Å². The number of anilines is 1. The van der Waals surface area contributed by atoms with E-state index in [1.54, 1.807) is 24.4 Å². The van der Waals surface area contributed by atoms with Crippen LogP contribution in [0.3, 0.4) is 0 Å². The van der Waals surface area contributed by atoms with Crippen LogP contribution in [0.2, 0.25) is 0 Å². The molecule has 2 amide bonds. The van der Waals surface area contributed by atoms with Crippen molar-refractivity contribution < 1.29 is 24.0 Å². The standard InChI is InChI=1S/C16H15N3O6S/c1-10-7-11(19(23)24)4-5-12(10)18-14(20)9-25-15(21)8-17-16(22)13-3-2-6-26-13/h2-7H,8-9H2,1H3,(H,17,22)(H,18,20). The molecule has 0 aliphatic rings. The minimum absolute atomic E-state index is 0.0894. The van der Waals surface area contributed by atoms with Crippen LogP contribution in [0.5, 0.6) is 0 Å². The van der Waals surface area contributed by atoms with Gasteiger partial charge in [0.25, 0.3) is 17.5 Å². The number of non-ortho nitro benzene ring substituents is 1. The minimum atomic E-state index is -0.759. The third-order valence-electron chi connectivity index (χ3n) is 3.20. The van der Waals surface area contributed by atoms with Crippen molar-refractivity contribution in [3.8, 4) is 0 Å². The van der Waals surface area contributed by atoms with Crippen molar-refractivity contribution >= 4 is 40.5 Å². The number of rotatable bonds is 7. The highest BCUT2D eigenvalue weighted by atomic mass is 32.1. The third-order valence-corrected chi connectivity index (χ3v) is 4.07. The topological polar surface area (TPSA) is 128 Å². The van der Waals surface area contributed by atoms with Crippen LogP contribution in [-0.2, 0) is 14.3 Å². The van der Waals surface area contributed by atoms with Crippen molar-refractivity contribution in [2.24, 2.45) is 0 Å². The second-order valence-corrected chi connectivity index (χ2v) is 6.07. The third kappa shape index (κ3) is 5.38. The summed E-state index contributed by atoms with van der Waals surface area (Å²) in [6.45, 7) is 0.708. The summed E-state index contributed by atoms with van der Waals surface area (Å²) in [5, 5.41) is 17.3. The van der Waals surface area contributed by atoms with Crippen molar-refractivity contribution in [2.45, 2.75) is 6.92 Å². The zero-order valence-corrected chi connectivity index (χ0v) is 14.5. The van der Waals surface area contributed by atoms with Crippen LogP contribution in [-0.4, -0.2) is 35.9 Å². The van der Waals surface area contributed by atoms with E-state index in [1.807, 2.05) is 0 Å². The largest absolute Gasteiger partial charge is 0.454 e. The van der Waals surface area contributed by atoms with Gasteiger partial charge in [0, 0.05) is 17.8 Å². The molecule has 0 atom stereocenters. The molecule has 0 spiro atoms. The maximum atomic E-state index is 11.8. The SMILES string of the molecule is Cc1cc([N+](=O)[O-])ccc1NC(=O)COC(=O)CNC(=O)c1cccs1. The summed E-state index contributed by atoms with van der Waals surface area (Å²) in [4.78, 5) is 45.6. The molecule has 1 aromatic carbocycles. The van der Waals surface area contributed by atoms with Crippen LogP contribution < -0.4 is 10.6 Å². The summed E-state index contributed by atoms with van der Waals surface area (Å²) in [6.07, 6.45) is 0. The molecule has 0 unspecified atom stereocenters. The quantitative estimate of drug-likeness (QED) is 0.431. The van der Waals surface area contributed by atoms with E-state index in [2.05, 4.69) is 10.6 Å². The average molecular weight is 377 g/mol. The lowest BCUT2D eigenvalue weighted by Crippen LogP contribution is -2.31. The molecule has 0 aliphatic carbocycles. The fraction of sp³-hybridized carbons (Fsp3) is 0.188. The van der Waals surface area contributed by atoms with Gasteiger partial charge in [-0.15, -0.1) is 11.3 Å². The van der Waals surface area contributed by atoms with Crippen molar-refractivity contribution in [3.63, 3.8) is 0 Å². The molecule has 136 valence electrons. The predicted octanol–water partition coefficient (Wildman–Crippen LogP) is 1.88. The molecule has 2 aromatic rings. The second kappa shape index (κ2) is 8.72. The van der Waals surface area contributed by atoms with Crippen LogP contribution in [0.15, 0.2) is 35.7 Å². The Bertz CT molecular complexity index is 835. The maximum Gasteiger partial charge on any atom is 0.325 e. The average Bonchev–Trinajstić information content (AvgIpc) is 3.14. The number of benzene rings is 1. The van der Waals surface area contributed by atoms with Crippen LogP contribution >= 0.6 is 11.3 Å². The van der Waals surface area contributed by atoms with E-state index in [9.17, 15) is 24.5 Å². The highest BCUT2D eigenvalue weighted by Gasteiger charge is 2.13. The fourth-order valence-electron chi connectivity index (χ4n) is 1.93. The Kier molecular flexibility index (Phi) is 6.39. The number of nitrogens with one attached hydrogen (secondary N) is 2. The van der Waals surface area contributed by atoms with Gasteiger partial charge in [0.2, 0.25) is 0 Å². The van der Waals surface area contributed by atoms with Crippen LogP contribution in [0.4, 0.5) is 11.4 Å². The van der Waals surface area contributed by atoms with Crippen molar-refractivity contribution in [3.05, 3.63) is 56.3 Å². The van der Waals surface area contributed by atoms with E-state index in [0.29, 0.717) is 16.1 Å². The Hall–Kier alpha value is -3.27. The van der Waals surface area contributed by atoms with Gasteiger partial charge >= 0.3 is 5.97 Å². The lowest BCUT2D eigenvalue weighted by Gasteiger charge is -2.09. The highest BCUT2D eigenvalue weighted by molar-refractivity contribution is 7.12. The summed E-state index contributed by atoms with van der Waals surface area (Å²) in [5.74, 6) is -1.76. The summed E-state index contributed by atoms with van der Waals surface area (Å²) < 4.78 is 4.78. The minimum Gasteiger partial charge on any atom is -0.454 e. The number of amides is 2. The molecule has 0 bridgehead atoms. The molecular formula is C16H15N3O6S. The second-order valence-electron chi connectivity index (χ2n) is 5.13. The highest BCUT2D eigenvalue weighted by Crippen LogP contribution is 2.21. The van der Waals surface area contributed by atoms with Crippen LogP contribution in [0, 0.1) is 17.0 Å². The molecule has 2 rings (SSSR count). The van der Waals surface area contributed by atoms with Gasteiger partial charge in [-0.3, -0.25) is 24.5 Å². The maximum absolute atomic E-state index is 11.8. The Morgan fingerprint density at radius 1 is 1.27 bits per heavy atom.